The Morgan fingerprint density at radius 2 is 1.48 bits per heavy atom. The molecule has 0 aliphatic carbocycles. The Balaban J connectivity index is 2.27. The highest BCUT2D eigenvalue weighted by Crippen LogP contribution is 2.38. The van der Waals surface area contributed by atoms with E-state index in [0.717, 1.165) is 6.42 Å². The number of hydrogen-bond acceptors (Lipinski definition) is 0. The van der Waals surface area contributed by atoms with E-state index in [4.69, 9.17) is 0 Å². The van der Waals surface area contributed by atoms with Gasteiger partial charge in [-0.25, -0.2) is 0 Å². The Morgan fingerprint density at radius 3 is 2.00 bits per heavy atom. The van der Waals surface area contributed by atoms with Crippen LogP contribution in [0.2, 0.25) is 0 Å². The molecular formula is C21H26. The highest BCUT2D eigenvalue weighted by Gasteiger charge is 2.28. The van der Waals surface area contributed by atoms with Gasteiger partial charge >= 0.3 is 0 Å². The van der Waals surface area contributed by atoms with Crippen molar-refractivity contribution in [2.45, 2.75) is 39.0 Å². The molecular weight excluding hydrogens is 252 g/mol. The zero-order valence-corrected chi connectivity index (χ0v) is 13.5. The van der Waals surface area contributed by atoms with Crippen LogP contribution in [0, 0.1) is 5.92 Å². The molecule has 0 spiro atoms. The average molecular weight is 278 g/mol. The normalized spacial score (nSPS) is 13.9. The van der Waals surface area contributed by atoms with E-state index in [1.807, 2.05) is 0 Å². The SMILES string of the molecule is C=C(CC(C)(CC(C)C)c1ccccc1)c1ccccc1. The van der Waals surface area contributed by atoms with Gasteiger partial charge in [-0.15, -0.1) is 0 Å². The molecule has 0 aromatic heterocycles. The van der Waals surface area contributed by atoms with Crippen molar-refractivity contribution >= 4 is 5.57 Å². The Bertz CT molecular complexity index is 566. The first-order valence-electron chi connectivity index (χ1n) is 7.80. The molecule has 0 bridgehead atoms. The van der Waals surface area contributed by atoms with Gasteiger partial charge in [-0.3, -0.25) is 0 Å². The second kappa shape index (κ2) is 6.76. The highest BCUT2D eigenvalue weighted by molar-refractivity contribution is 5.64. The first-order valence-corrected chi connectivity index (χ1v) is 7.80. The van der Waals surface area contributed by atoms with Gasteiger partial charge in [-0.1, -0.05) is 88.0 Å². The molecule has 0 fully saturated rings. The smallest absolute Gasteiger partial charge is 0.00325 e. The lowest BCUT2D eigenvalue weighted by Crippen LogP contribution is -2.24. The third-order valence-electron chi connectivity index (χ3n) is 4.12. The molecule has 0 amide bonds. The summed E-state index contributed by atoms with van der Waals surface area (Å²) in [5.74, 6) is 0.666. The summed E-state index contributed by atoms with van der Waals surface area (Å²) in [4.78, 5) is 0. The first kappa shape index (κ1) is 15.6. The van der Waals surface area contributed by atoms with E-state index in [-0.39, 0.29) is 5.41 Å². The van der Waals surface area contributed by atoms with Crippen LogP contribution in [0.4, 0.5) is 0 Å². The van der Waals surface area contributed by atoms with Gasteiger partial charge in [0, 0.05) is 0 Å². The maximum absolute atomic E-state index is 4.34. The van der Waals surface area contributed by atoms with E-state index >= 15 is 0 Å². The number of rotatable bonds is 6. The fraction of sp³-hybridized carbons (Fsp3) is 0.333. The van der Waals surface area contributed by atoms with Gasteiger partial charge < -0.3 is 0 Å². The molecule has 2 aromatic rings. The average Bonchev–Trinajstić information content (AvgIpc) is 2.48. The summed E-state index contributed by atoms with van der Waals surface area (Å²) in [6.45, 7) is 11.3. The molecule has 21 heavy (non-hydrogen) atoms. The van der Waals surface area contributed by atoms with Gasteiger partial charge in [0.05, 0.1) is 0 Å². The lowest BCUT2D eigenvalue weighted by Gasteiger charge is -2.33. The van der Waals surface area contributed by atoms with Crippen molar-refractivity contribution in [3.63, 3.8) is 0 Å². The fourth-order valence-electron chi connectivity index (χ4n) is 3.28. The van der Waals surface area contributed by atoms with Gasteiger partial charge in [0.15, 0.2) is 0 Å². The Hall–Kier alpha value is -1.82. The van der Waals surface area contributed by atoms with E-state index < -0.39 is 0 Å². The van der Waals surface area contributed by atoms with Gasteiger partial charge in [-0.05, 0) is 40.9 Å². The zero-order valence-electron chi connectivity index (χ0n) is 13.5. The van der Waals surface area contributed by atoms with Crippen LogP contribution >= 0.6 is 0 Å². The molecule has 0 nitrogen and oxygen atoms in total. The van der Waals surface area contributed by atoms with Crippen LogP contribution in [0.5, 0.6) is 0 Å². The minimum Gasteiger partial charge on any atom is -0.0952 e. The third-order valence-corrected chi connectivity index (χ3v) is 4.12. The van der Waals surface area contributed by atoms with Crippen LogP contribution in [0.1, 0.15) is 44.7 Å². The van der Waals surface area contributed by atoms with Gasteiger partial charge in [0.2, 0.25) is 0 Å². The molecule has 0 aliphatic heterocycles. The topological polar surface area (TPSA) is 0 Å². The Labute approximate surface area is 129 Å². The summed E-state index contributed by atoms with van der Waals surface area (Å²) < 4.78 is 0. The maximum atomic E-state index is 4.34. The molecule has 0 aliphatic rings. The second-order valence-electron chi connectivity index (χ2n) is 6.67. The van der Waals surface area contributed by atoms with Crippen molar-refractivity contribution in [1.82, 2.24) is 0 Å². The van der Waals surface area contributed by atoms with Gasteiger partial charge in [0.25, 0.3) is 0 Å². The molecule has 110 valence electrons. The predicted molar refractivity (Wildman–Crippen MR) is 93.3 cm³/mol. The quantitative estimate of drug-likeness (QED) is 0.599. The van der Waals surface area contributed by atoms with E-state index in [1.165, 1.54) is 23.1 Å². The molecule has 1 atom stereocenters. The highest BCUT2D eigenvalue weighted by atomic mass is 14.3. The molecule has 0 heterocycles. The summed E-state index contributed by atoms with van der Waals surface area (Å²) in [5.41, 5.74) is 4.03. The monoisotopic (exact) mass is 278 g/mol. The standard InChI is InChI=1S/C21H26/c1-17(2)15-21(4,20-13-9-6-10-14-20)16-18(3)19-11-7-5-8-12-19/h5-14,17H,3,15-16H2,1-2,4H3. The van der Waals surface area contributed by atoms with Gasteiger partial charge in [0.1, 0.15) is 0 Å². The minimum atomic E-state index is 0.141. The Kier molecular flexibility index (Phi) is 5.01. The zero-order chi connectivity index (χ0) is 15.3. The molecule has 2 aromatic carbocycles. The van der Waals surface area contributed by atoms with E-state index in [2.05, 4.69) is 88.0 Å². The molecule has 0 radical (unpaired) electrons. The van der Waals surface area contributed by atoms with Crippen molar-refractivity contribution in [2.75, 3.05) is 0 Å². The fourth-order valence-corrected chi connectivity index (χ4v) is 3.28. The van der Waals surface area contributed by atoms with Crippen LogP contribution in [0.15, 0.2) is 67.2 Å². The van der Waals surface area contributed by atoms with Crippen LogP contribution < -0.4 is 0 Å². The minimum absolute atomic E-state index is 0.141. The maximum Gasteiger partial charge on any atom is -0.00325 e. The first-order chi connectivity index (χ1) is 10.0. The van der Waals surface area contributed by atoms with Crippen LogP contribution in [0.25, 0.3) is 5.57 Å². The van der Waals surface area contributed by atoms with Crippen LogP contribution in [0.3, 0.4) is 0 Å². The summed E-state index contributed by atoms with van der Waals surface area (Å²) >= 11 is 0. The van der Waals surface area contributed by atoms with Crippen molar-refractivity contribution in [2.24, 2.45) is 5.92 Å². The molecule has 0 saturated carbocycles. The predicted octanol–water partition coefficient (Wildman–Crippen LogP) is 6.09. The molecule has 0 N–H and O–H groups in total. The molecule has 0 heteroatoms. The number of benzene rings is 2. The third kappa shape index (κ3) is 4.07. The largest absolute Gasteiger partial charge is 0.0952 e. The molecule has 0 saturated heterocycles. The summed E-state index contributed by atoms with van der Waals surface area (Å²) in [6, 6.07) is 21.4. The van der Waals surface area contributed by atoms with Crippen molar-refractivity contribution in [1.29, 1.82) is 0 Å². The van der Waals surface area contributed by atoms with E-state index in [9.17, 15) is 0 Å². The summed E-state index contributed by atoms with van der Waals surface area (Å²) in [5, 5.41) is 0. The summed E-state index contributed by atoms with van der Waals surface area (Å²) in [7, 11) is 0. The van der Waals surface area contributed by atoms with Crippen molar-refractivity contribution < 1.29 is 0 Å². The number of allylic oxidation sites excluding steroid dienone is 1. The lowest BCUT2D eigenvalue weighted by molar-refractivity contribution is 0.375. The van der Waals surface area contributed by atoms with Gasteiger partial charge in [-0.2, -0.15) is 0 Å². The molecule has 2 rings (SSSR count). The Morgan fingerprint density at radius 1 is 0.952 bits per heavy atom. The van der Waals surface area contributed by atoms with E-state index in [1.54, 1.807) is 0 Å². The second-order valence-corrected chi connectivity index (χ2v) is 6.67. The van der Waals surface area contributed by atoms with E-state index in [0.29, 0.717) is 5.92 Å². The lowest BCUT2D eigenvalue weighted by atomic mass is 9.71. The van der Waals surface area contributed by atoms with Crippen molar-refractivity contribution in [3.05, 3.63) is 78.4 Å². The summed E-state index contributed by atoms with van der Waals surface area (Å²) in [6.07, 6.45) is 2.17. The van der Waals surface area contributed by atoms with Crippen LogP contribution in [-0.4, -0.2) is 0 Å². The number of hydrogen-bond donors (Lipinski definition) is 0. The van der Waals surface area contributed by atoms with Crippen LogP contribution in [-0.2, 0) is 5.41 Å². The van der Waals surface area contributed by atoms with Crippen molar-refractivity contribution in [3.8, 4) is 0 Å². The molecule has 1 unspecified atom stereocenters.